The summed E-state index contributed by atoms with van der Waals surface area (Å²) in [5.74, 6) is 0.672. The van der Waals surface area contributed by atoms with Gasteiger partial charge in [0.2, 0.25) is 0 Å². The number of ether oxygens (including phenoxy) is 1. The average molecular weight is 282 g/mol. The van der Waals surface area contributed by atoms with Gasteiger partial charge in [-0.25, -0.2) is 0 Å². The lowest BCUT2D eigenvalue weighted by Crippen LogP contribution is -2.52. The Labute approximate surface area is 121 Å². The summed E-state index contributed by atoms with van der Waals surface area (Å²) < 4.78 is 4.81. The van der Waals surface area contributed by atoms with E-state index in [-0.39, 0.29) is 17.6 Å². The molecule has 2 heterocycles. The standard InChI is InChI=1S/C15H26N2O3/c1-11(2)9-17-7-5-13(18)15(17)6-8-16(10-15)12(3)14(19)20-4/h11-12H,5-10H2,1-4H3/t12-,15-/m0/s1. The summed E-state index contributed by atoms with van der Waals surface area (Å²) in [6, 6.07) is -0.270. The average Bonchev–Trinajstić information content (AvgIpc) is 2.97. The molecule has 0 N–H and O–H groups in total. The minimum atomic E-state index is -0.355. The zero-order chi connectivity index (χ0) is 14.9. The maximum atomic E-state index is 12.4. The van der Waals surface area contributed by atoms with E-state index in [1.54, 1.807) is 0 Å². The van der Waals surface area contributed by atoms with Gasteiger partial charge >= 0.3 is 5.97 Å². The molecule has 2 fully saturated rings. The van der Waals surface area contributed by atoms with Crippen molar-refractivity contribution in [1.29, 1.82) is 0 Å². The molecule has 0 radical (unpaired) electrons. The summed E-state index contributed by atoms with van der Waals surface area (Å²) in [7, 11) is 1.41. The van der Waals surface area contributed by atoms with E-state index >= 15 is 0 Å². The third-order valence-electron chi connectivity index (χ3n) is 4.69. The number of Topliss-reactive ketones (excluding diaryl/α,β-unsaturated/α-hetero) is 1. The van der Waals surface area contributed by atoms with E-state index in [0.717, 1.165) is 26.1 Å². The maximum absolute atomic E-state index is 12.4. The number of carbonyl (C=O) groups is 2. The lowest BCUT2D eigenvalue weighted by atomic mass is 9.93. The van der Waals surface area contributed by atoms with E-state index in [2.05, 4.69) is 23.6 Å². The first-order valence-electron chi connectivity index (χ1n) is 7.51. The number of rotatable bonds is 4. The van der Waals surface area contributed by atoms with Crippen LogP contribution >= 0.6 is 0 Å². The lowest BCUT2D eigenvalue weighted by molar-refractivity contribution is -0.146. The smallest absolute Gasteiger partial charge is 0.322 e. The number of methoxy groups -OCH3 is 1. The molecule has 0 aliphatic carbocycles. The fourth-order valence-corrected chi connectivity index (χ4v) is 3.52. The van der Waals surface area contributed by atoms with Crippen molar-refractivity contribution in [1.82, 2.24) is 9.80 Å². The number of ketones is 1. The fraction of sp³-hybridized carbons (Fsp3) is 0.867. The van der Waals surface area contributed by atoms with E-state index < -0.39 is 0 Å². The van der Waals surface area contributed by atoms with E-state index in [1.807, 2.05) is 6.92 Å². The van der Waals surface area contributed by atoms with Crippen molar-refractivity contribution in [2.45, 2.75) is 45.2 Å². The highest BCUT2D eigenvalue weighted by molar-refractivity contribution is 5.91. The van der Waals surface area contributed by atoms with Crippen molar-refractivity contribution >= 4 is 11.8 Å². The first kappa shape index (κ1) is 15.4. The summed E-state index contributed by atoms with van der Waals surface area (Å²) in [5.41, 5.74) is -0.355. The molecule has 0 aromatic rings. The number of hydrogen-bond acceptors (Lipinski definition) is 5. The number of esters is 1. The van der Waals surface area contributed by atoms with Gasteiger partial charge in [0.05, 0.1) is 12.6 Å². The van der Waals surface area contributed by atoms with Crippen LogP contribution in [0.4, 0.5) is 0 Å². The van der Waals surface area contributed by atoms with Crippen LogP contribution in [-0.4, -0.2) is 66.4 Å². The van der Waals surface area contributed by atoms with Gasteiger partial charge in [-0.2, -0.15) is 0 Å². The molecule has 2 saturated heterocycles. The topological polar surface area (TPSA) is 49.9 Å². The van der Waals surface area contributed by atoms with Gasteiger partial charge in [0.1, 0.15) is 6.04 Å². The second-order valence-electron chi connectivity index (χ2n) is 6.46. The van der Waals surface area contributed by atoms with Crippen LogP contribution in [-0.2, 0) is 14.3 Å². The molecule has 2 aliphatic heterocycles. The van der Waals surface area contributed by atoms with Crippen LogP contribution in [0.1, 0.15) is 33.6 Å². The molecule has 2 rings (SSSR count). The highest BCUT2D eigenvalue weighted by atomic mass is 16.5. The zero-order valence-corrected chi connectivity index (χ0v) is 13.0. The maximum Gasteiger partial charge on any atom is 0.322 e. The lowest BCUT2D eigenvalue weighted by Gasteiger charge is -2.35. The SMILES string of the molecule is COC(=O)[C@H](C)N1CC[C@]2(C1)C(=O)CCN2CC(C)C. The van der Waals surface area contributed by atoms with Crippen molar-refractivity contribution in [3.63, 3.8) is 0 Å². The van der Waals surface area contributed by atoms with Crippen molar-refractivity contribution in [2.24, 2.45) is 5.92 Å². The molecule has 0 amide bonds. The summed E-state index contributed by atoms with van der Waals surface area (Å²) in [6.45, 7) is 9.48. The van der Waals surface area contributed by atoms with Gasteiger partial charge in [-0.3, -0.25) is 19.4 Å². The minimum Gasteiger partial charge on any atom is -0.468 e. The van der Waals surface area contributed by atoms with Crippen molar-refractivity contribution in [3.05, 3.63) is 0 Å². The molecular weight excluding hydrogens is 256 g/mol. The Hall–Kier alpha value is -0.940. The van der Waals surface area contributed by atoms with Crippen LogP contribution < -0.4 is 0 Å². The Morgan fingerprint density at radius 2 is 2.05 bits per heavy atom. The second kappa shape index (κ2) is 5.82. The molecule has 5 nitrogen and oxygen atoms in total. The molecule has 0 unspecified atom stereocenters. The van der Waals surface area contributed by atoms with Gasteiger partial charge in [-0.05, 0) is 19.3 Å². The van der Waals surface area contributed by atoms with Crippen molar-refractivity contribution in [2.75, 3.05) is 33.3 Å². The number of likely N-dealkylation sites (tertiary alicyclic amines) is 2. The van der Waals surface area contributed by atoms with E-state index in [0.29, 0.717) is 24.7 Å². The molecular formula is C15H26N2O3. The Kier molecular flexibility index (Phi) is 4.49. The summed E-state index contributed by atoms with van der Waals surface area (Å²) in [4.78, 5) is 28.5. The van der Waals surface area contributed by atoms with Gasteiger partial charge in [-0.15, -0.1) is 0 Å². The van der Waals surface area contributed by atoms with Gasteiger partial charge in [0, 0.05) is 32.6 Å². The Bertz CT molecular complexity index is 397. The quantitative estimate of drug-likeness (QED) is 0.718. The first-order valence-corrected chi connectivity index (χ1v) is 7.51. The van der Waals surface area contributed by atoms with Crippen LogP contribution in [0.15, 0.2) is 0 Å². The monoisotopic (exact) mass is 282 g/mol. The van der Waals surface area contributed by atoms with Crippen molar-refractivity contribution in [3.8, 4) is 0 Å². The highest BCUT2D eigenvalue weighted by Crippen LogP contribution is 2.36. The van der Waals surface area contributed by atoms with Gasteiger partial charge in [-0.1, -0.05) is 13.8 Å². The largest absolute Gasteiger partial charge is 0.468 e. The minimum absolute atomic E-state index is 0.220. The summed E-state index contributed by atoms with van der Waals surface area (Å²) in [6.07, 6.45) is 1.48. The van der Waals surface area contributed by atoms with Gasteiger partial charge in [0.15, 0.2) is 5.78 Å². The Morgan fingerprint density at radius 1 is 1.35 bits per heavy atom. The zero-order valence-electron chi connectivity index (χ0n) is 13.0. The van der Waals surface area contributed by atoms with E-state index in [1.165, 1.54) is 7.11 Å². The Balaban J connectivity index is 2.11. The molecule has 0 aromatic carbocycles. The van der Waals surface area contributed by atoms with E-state index in [4.69, 9.17) is 4.74 Å². The highest BCUT2D eigenvalue weighted by Gasteiger charge is 2.53. The third kappa shape index (κ3) is 2.61. The third-order valence-corrected chi connectivity index (χ3v) is 4.69. The van der Waals surface area contributed by atoms with Gasteiger partial charge < -0.3 is 4.74 Å². The molecule has 0 saturated carbocycles. The molecule has 0 aromatic heterocycles. The van der Waals surface area contributed by atoms with Crippen LogP contribution in [0, 0.1) is 5.92 Å². The molecule has 20 heavy (non-hydrogen) atoms. The molecule has 114 valence electrons. The molecule has 5 heteroatoms. The number of carbonyl (C=O) groups excluding carboxylic acids is 2. The molecule has 1 spiro atoms. The summed E-state index contributed by atoms with van der Waals surface area (Å²) >= 11 is 0. The first-order chi connectivity index (χ1) is 9.40. The molecule has 2 atom stereocenters. The van der Waals surface area contributed by atoms with Crippen molar-refractivity contribution < 1.29 is 14.3 Å². The van der Waals surface area contributed by atoms with Crippen LogP contribution in [0.2, 0.25) is 0 Å². The predicted octanol–water partition coefficient (Wildman–Crippen LogP) is 0.923. The van der Waals surface area contributed by atoms with E-state index in [9.17, 15) is 9.59 Å². The molecule has 2 aliphatic rings. The Morgan fingerprint density at radius 3 is 2.65 bits per heavy atom. The van der Waals surface area contributed by atoms with Gasteiger partial charge in [0.25, 0.3) is 0 Å². The molecule has 0 bridgehead atoms. The van der Waals surface area contributed by atoms with Crippen LogP contribution in [0.3, 0.4) is 0 Å². The normalized spacial score (nSPS) is 29.6. The second-order valence-corrected chi connectivity index (χ2v) is 6.46. The fourth-order valence-electron chi connectivity index (χ4n) is 3.52. The van der Waals surface area contributed by atoms with Crippen LogP contribution in [0.5, 0.6) is 0 Å². The predicted molar refractivity (Wildman–Crippen MR) is 76.4 cm³/mol. The van der Waals surface area contributed by atoms with Crippen LogP contribution in [0.25, 0.3) is 0 Å². The number of nitrogens with zero attached hydrogens (tertiary/aromatic N) is 2. The summed E-state index contributed by atoms with van der Waals surface area (Å²) in [5, 5.41) is 0. The number of hydrogen-bond donors (Lipinski definition) is 0.